The van der Waals surface area contributed by atoms with E-state index in [0.717, 1.165) is 41.9 Å². The summed E-state index contributed by atoms with van der Waals surface area (Å²) < 4.78 is 5.28. The zero-order chi connectivity index (χ0) is 21.1. The van der Waals surface area contributed by atoms with Gasteiger partial charge in [-0.2, -0.15) is 0 Å². The molecule has 0 aromatic carbocycles. The van der Waals surface area contributed by atoms with Gasteiger partial charge < -0.3 is 15.0 Å². The van der Waals surface area contributed by atoms with Crippen molar-refractivity contribution in [1.29, 1.82) is 0 Å². The van der Waals surface area contributed by atoms with Gasteiger partial charge >= 0.3 is 6.09 Å². The summed E-state index contributed by atoms with van der Waals surface area (Å²) in [4.78, 5) is 27.7. The maximum Gasteiger partial charge on any atom is 0.407 e. The molecule has 0 radical (unpaired) electrons. The Morgan fingerprint density at radius 1 is 1.27 bits per heavy atom. The quantitative estimate of drug-likeness (QED) is 0.706. The molecule has 1 aliphatic rings. The molecular formula is C23H27N5O2. The van der Waals surface area contributed by atoms with E-state index in [1.165, 1.54) is 5.56 Å². The molecule has 156 valence electrons. The molecule has 1 N–H and O–H groups in total. The van der Waals surface area contributed by atoms with Gasteiger partial charge in [-0.3, -0.25) is 9.97 Å². The summed E-state index contributed by atoms with van der Waals surface area (Å²) in [5.74, 6) is 1.44. The molecule has 1 saturated heterocycles. The highest BCUT2D eigenvalue weighted by atomic mass is 16.6. The van der Waals surface area contributed by atoms with E-state index in [0.29, 0.717) is 12.5 Å². The van der Waals surface area contributed by atoms with Crippen LogP contribution in [0, 0.1) is 0 Å². The summed E-state index contributed by atoms with van der Waals surface area (Å²) in [6.07, 6.45) is 6.19. The third kappa shape index (κ3) is 4.84. The van der Waals surface area contributed by atoms with Gasteiger partial charge in [0.15, 0.2) is 0 Å². The summed E-state index contributed by atoms with van der Waals surface area (Å²) in [5, 5.41) is 3.72. The predicted octanol–water partition coefficient (Wildman–Crippen LogP) is 4.04. The van der Waals surface area contributed by atoms with Gasteiger partial charge in [-0.15, -0.1) is 0 Å². The number of ether oxygens (including phenoxy) is 1. The molecule has 4 heterocycles. The van der Waals surface area contributed by atoms with Gasteiger partial charge in [0.05, 0.1) is 17.8 Å². The summed E-state index contributed by atoms with van der Waals surface area (Å²) >= 11 is 0. The van der Waals surface area contributed by atoms with Crippen molar-refractivity contribution in [3.63, 3.8) is 0 Å². The van der Waals surface area contributed by atoms with Gasteiger partial charge in [-0.05, 0) is 57.0 Å². The highest BCUT2D eigenvalue weighted by molar-refractivity contribution is 5.80. The fraction of sp³-hybridized carbons (Fsp3) is 0.391. The number of hydrogen-bond acceptors (Lipinski definition) is 6. The van der Waals surface area contributed by atoms with Gasteiger partial charge in [-0.25, -0.2) is 9.78 Å². The first-order chi connectivity index (χ1) is 14.4. The SMILES string of the molecule is CC(C)(C)OC(=O)NCc1cc2nc(N3CCC(c4cccnc4)C3)ccc2cn1. The molecule has 1 unspecified atom stereocenters. The van der Waals surface area contributed by atoms with Crippen molar-refractivity contribution in [2.24, 2.45) is 0 Å². The number of nitrogens with zero attached hydrogens (tertiary/aromatic N) is 4. The van der Waals surface area contributed by atoms with E-state index in [4.69, 9.17) is 9.72 Å². The van der Waals surface area contributed by atoms with E-state index in [-0.39, 0.29) is 0 Å². The van der Waals surface area contributed by atoms with E-state index >= 15 is 0 Å². The van der Waals surface area contributed by atoms with E-state index < -0.39 is 11.7 Å². The zero-order valence-corrected chi connectivity index (χ0v) is 17.6. The maximum absolute atomic E-state index is 11.9. The molecule has 1 amide bonds. The lowest BCUT2D eigenvalue weighted by Crippen LogP contribution is -2.32. The Labute approximate surface area is 176 Å². The number of anilines is 1. The fourth-order valence-electron chi connectivity index (χ4n) is 3.65. The van der Waals surface area contributed by atoms with Crippen LogP contribution in [0.15, 0.2) is 48.9 Å². The molecule has 0 spiro atoms. The lowest BCUT2D eigenvalue weighted by Gasteiger charge is -2.19. The summed E-state index contributed by atoms with van der Waals surface area (Å²) in [5.41, 5.74) is 2.36. The van der Waals surface area contributed by atoms with Crippen molar-refractivity contribution < 1.29 is 9.53 Å². The Morgan fingerprint density at radius 2 is 2.13 bits per heavy atom. The fourth-order valence-corrected chi connectivity index (χ4v) is 3.65. The molecule has 1 atom stereocenters. The Kier molecular flexibility index (Phi) is 5.53. The number of carbonyl (C=O) groups is 1. The molecule has 4 rings (SSSR count). The minimum atomic E-state index is -0.527. The van der Waals surface area contributed by atoms with Crippen LogP contribution in [-0.4, -0.2) is 39.7 Å². The number of nitrogens with one attached hydrogen (secondary N) is 1. The Morgan fingerprint density at radius 3 is 2.90 bits per heavy atom. The van der Waals surface area contributed by atoms with Gasteiger partial charge in [0.2, 0.25) is 0 Å². The number of rotatable bonds is 4. The number of pyridine rings is 3. The van der Waals surface area contributed by atoms with Gasteiger partial charge in [0, 0.05) is 43.0 Å². The van der Waals surface area contributed by atoms with E-state index in [1.54, 1.807) is 6.20 Å². The summed E-state index contributed by atoms with van der Waals surface area (Å²) in [6.45, 7) is 7.71. The first kappa shape index (κ1) is 20.1. The van der Waals surface area contributed by atoms with Gasteiger partial charge in [0.1, 0.15) is 11.4 Å². The molecule has 7 heteroatoms. The van der Waals surface area contributed by atoms with Gasteiger partial charge in [-0.1, -0.05) is 6.07 Å². The second-order valence-corrected chi connectivity index (χ2v) is 8.61. The molecule has 0 aliphatic carbocycles. The van der Waals surface area contributed by atoms with Crippen LogP contribution in [0.25, 0.3) is 10.9 Å². The third-order valence-corrected chi connectivity index (χ3v) is 5.10. The minimum Gasteiger partial charge on any atom is -0.444 e. The van der Waals surface area contributed by atoms with Crippen molar-refractivity contribution in [2.75, 3.05) is 18.0 Å². The standard InChI is InChI=1S/C23H27N5O2/c1-23(2,3)30-22(29)26-14-19-11-20-17(13-25-19)6-7-21(27-20)28-10-8-18(15-28)16-5-4-9-24-12-16/h4-7,9,11-13,18H,8,10,14-15H2,1-3H3,(H,26,29). The molecule has 3 aromatic rings. The molecule has 7 nitrogen and oxygen atoms in total. The Hall–Kier alpha value is -3.22. The first-order valence-electron chi connectivity index (χ1n) is 10.2. The zero-order valence-electron chi connectivity index (χ0n) is 17.6. The average molecular weight is 406 g/mol. The lowest BCUT2D eigenvalue weighted by molar-refractivity contribution is 0.0523. The number of alkyl carbamates (subject to hydrolysis) is 1. The molecule has 3 aromatic heterocycles. The third-order valence-electron chi connectivity index (χ3n) is 5.10. The van der Waals surface area contributed by atoms with Crippen molar-refractivity contribution in [2.45, 2.75) is 45.3 Å². The smallest absolute Gasteiger partial charge is 0.407 e. The summed E-state index contributed by atoms with van der Waals surface area (Å²) in [6, 6.07) is 10.2. The highest BCUT2D eigenvalue weighted by Crippen LogP contribution is 2.30. The average Bonchev–Trinajstić information content (AvgIpc) is 3.21. The van der Waals surface area contributed by atoms with Crippen LogP contribution < -0.4 is 10.2 Å². The van der Waals surface area contributed by atoms with Crippen molar-refractivity contribution in [3.8, 4) is 0 Å². The molecular weight excluding hydrogens is 378 g/mol. The van der Waals surface area contributed by atoms with Crippen LogP contribution in [0.2, 0.25) is 0 Å². The van der Waals surface area contributed by atoms with Crippen LogP contribution in [0.4, 0.5) is 10.6 Å². The minimum absolute atomic E-state index is 0.295. The van der Waals surface area contributed by atoms with E-state index in [9.17, 15) is 4.79 Å². The predicted molar refractivity (Wildman–Crippen MR) is 116 cm³/mol. The molecule has 1 aliphatic heterocycles. The van der Waals surface area contributed by atoms with Crippen LogP contribution >= 0.6 is 0 Å². The van der Waals surface area contributed by atoms with Crippen molar-refractivity contribution >= 4 is 22.8 Å². The monoisotopic (exact) mass is 405 g/mol. The number of amides is 1. The molecule has 30 heavy (non-hydrogen) atoms. The number of fused-ring (bicyclic) bond motifs is 1. The Bertz CT molecular complexity index is 1030. The second-order valence-electron chi connectivity index (χ2n) is 8.61. The molecule has 1 fully saturated rings. The number of hydrogen-bond donors (Lipinski definition) is 1. The van der Waals surface area contributed by atoms with E-state index in [2.05, 4.69) is 26.3 Å². The largest absolute Gasteiger partial charge is 0.444 e. The summed E-state index contributed by atoms with van der Waals surface area (Å²) in [7, 11) is 0. The van der Waals surface area contributed by atoms with Crippen molar-refractivity contribution in [3.05, 3.63) is 60.2 Å². The van der Waals surface area contributed by atoms with Crippen molar-refractivity contribution in [1.82, 2.24) is 20.3 Å². The maximum atomic E-state index is 11.9. The lowest BCUT2D eigenvalue weighted by atomic mass is 10.0. The first-order valence-corrected chi connectivity index (χ1v) is 10.2. The van der Waals surface area contributed by atoms with E-state index in [1.807, 2.05) is 57.4 Å². The molecule has 0 saturated carbocycles. The van der Waals surface area contributed by atoms with Crippen LogP contribution in [0.5, 0.6) is 0 Å². The van der Waals surface area contributed by atoms with Gasteiger partial charge in [0.25, 0.3) is 0 Å². The topological polar surface area (TPSA) is 80.2 Å². The molecule has 0 bridgehead atoms. The van der Waals surface area contributed by atoms with Crippen LogP contribution in [0.1, 0.15) is 44.4 Å². The highest BCUT2D eigenvalue weighted by Gasteiger charge is 2.25. The van der Waals surface area contributed by atoms with Crippen LogP contribution in [0.3, 0.4) is 0 Å². The number of aromatic nitrogens is 3. The Balaban J connectivity index is 1.45. The number of carbonyl (C=O) groups excluding carboxylic acids is 1. The van der Waals surface area contributed by atoms with Crippen LogP contribution in [-0.2, 0) is 11.3 Å². The normalized spacial score (nSPS) is 16.6. The second kappa shape index (κ2) is 8.26.